The molecule has 0 amide bonds. The Kier molecular flexibility index (Phi) is 9.26. The van der Waals surface area contributed by atoms with Crippen LogP contribution in [-0.4, -0.2) is 13.2 Å². The van der Waals surface area contributed by atoms with Gasteiger partial charge in [0.1, 0.15) is 5.75 Å². The van der Waals surface area contributed by atoms with Crippen LogP contribution < -0.4 is 9.47 Å². The third kappa shape index (κ3) is 6.65. The molecule has 0 heterocycles. The van der Waals surface area contributed by atoms with Gasteiger partial charge in [-0.05, 0) is 59.4 Å². The zero-order valence-corrected chi connectivity index (χ0v) is 21.6. The predicted molar refractivity (Wildman–Crippen MR) is 149 cm³/mol. The van der Waals surface area contributed by atoms with Crippen LogP contribution in [-0.2, 0) is 0 Å². The van der Waals surface area contributed by atoms with Crippen molar-refractivity contribution in [1.29, 1.82) is 0 Å². The summed E-state index contributed by atoms with van der Waals surface area (Å²) in [5, 5.41) is 0. The molecule has 0 spiro atoms. The first kappa shape index (κ1) is 27.1. The van der Waals surface area contributed by atoms with Crippen LogP contribution in [0.5, 0.6) is 11.5 Å². The first-order valence-electron chi connectivity index (χ1n) is 12.9. The fourth-order valence-electron chi connectivity index (χ4n) is 3.96. The minimum absolute atomic E-state index is 0.152. The van der Waals surface area contributed by atoms with Crippen molar-refractivity contribution in [3.8, 4) is 33.8 Å². The molecular formula is C33H31F3O2. The van der Waals surface area contributed by atoms with Gasteiger partial charge in [-0.2, -0.15) is 0 Å². The molecule has 0 atom stereocenters. The molecule has 4 rings (SSSR count). The molecule has 38 heavy (non-hydrogen) atoms. The van der Waals surface area contributed by atoms with Crippen molar-refractivity contribution in [3.63, 3.8) is 0 Å². The van der Waals surface area contributed by atoms with E-state index < -0.39 is 17.5 Å². The third-order valence-corrected chi connectivity index (χ3v) is 6.14. The van der Waals surface area contributed by atoms with Crippen LogP contribution in [0.1, 0.15) is 44.2 Å². The zero-order chi connectivity index (χ0) is 26.9. The molecule has 0 N–H and O–H groups in total. The van der Waals surface area contributed by atoms with E-state index in [9.17, 15) is 13.2 Å². The number of unbranched alkanes of at least 4 members (excludes halogenated alkanes) is 1. The van der Waals surface area contributed by atoms with E-state index in [-0.39, 0.29) is 16.9 Å². The van der Waals surface area contributed by atoms with Gasteiger partial charge in [-0.25, -0.2) is 13.2 Å². The van der Waals surface area contributed by atoms with Crippen molar-refractivity contribution in [3.05, 3.63) is 107 Å². The molecule has 0 aliphatic rings. The molecule has 0 aliphatic carbocycles. The summed E-state index contributed by atoms with van der Waals surface area (Å²) in [6, 6.07) is 22.4. The molecule has 2 nitrogen and oxygen atoms in total. The molecule has 0 fully saturated rings. The highest BCUT2D eigenvalue weighted by atomic mass is 19.2. The van der Waals surface area contributed by atoms with E-state index >= 15 is 0 Å². The Morgan fingerprint density at radius 2 is 1.34 bits per heavy atom. The van der Waals surface area contributed by atoms with E-state index in [0.29, 0.717) is 24.5 Å². The van der Waals surface area contributed by atoms with Crippen molar-refractivity contribution in [2.24, 2.45) is 0 Å². The summed E-state index contributed by atoms with van der Waals surface area (Å²) < 4.78 is 55.2. The van der Waals surface area contributed by atoms with Crippen molar-refractivity contribution in [2.45, 2.75) is 33.1 Å². The second-order valence-electron chi connectivity index (χ2n) is 9.01. The van der Waals surface area contributed by atoms with E-state index in [2.05, 4.69) is 6.92 Å². The lowest BCUT2D eigenvalue weighted by Crippen LogP contribution is -1.98. The second kappa shape index (κ2) is 13.0. The molecule has 5 heteroatoms. The summed E-state index contributed by atoms with van der Waals surface area (Å²) in [6.07, 6.45) is 6.01. The fraction of sp³-hybridized carbons (Fsp3) is 0.212. The number of halogens is 3. The largest absolute Gasteiger partial charge is 0.494 e. The number of rotatable bonds is 11. The standard InChI is InChI=1S/C33H31F3O2/c1-3-5-21-38-31-19-15-27(22-30(31)34)24-9-6-23(7-10-24)8-11-26-14-18-29(33(36)32(26)35)25-12-16-28(17-13-25)37-20-4-2/h6-19,22H,3-5,20-21H2,1-2H3/b11-8+. The molecule has 4 aromatic carbocycles. The Balaban J connectivity index is 1.45. The van der Waals surface area contributed by atoms with E-state index in [4.69, 9.17) is 9.47 Å². The number of benzene rings is 4. The summed E-state index contributed by atoms with van der Waals surface area (Å²) in [4.78, 5) is 0. The Bertz CT molecular complexity index is 1380. The highest BCUT2D eigenvalue weighted by molar-refractivity contribution is 5.74. The lowest BCUT2D eigenvalue weighted by atomic mass is 10.0. The quantitative estimate of drug-likeness (QED) is 0.146. The molecular weight excluding hydrogens is 485 g/mol. The van der Waals surface area contributed by atoms with Gasteiger partial charge in [-0.1, -0.05) is 87.0 Å². The van der Waals surface area contributed by atoms with Crippen LogP contribution in [0, 0.1) is 17.5 Å². The smallest absolute Gasteiger partial charge is 0.167 e. The lowest BCUT2D eigenvalue weighted by molar-refractivity contribution is 0.294. The van der Waals surface area contributed by atoms with Gasteiger partial charge < -0.3 is 9.47 Å². The van der Waals surface area contributed by atoms with E-state index in [1.54, 1.807) is 54.6 Å². The van der Waals surface area contributed by atoms with Crippen molar-refractivity contribution in [2.75, 3.05) is 13.2 Å². The fourth-order valence-corrected chi connectivity index (χ4v) is 3.96. The normalized spacial score (nSPS) is 11.2. The number of ether oxygens (including phenoxy) is 2. The van der Waals surface area contributed by atoms with Gasteiger partial charge in [-0.3, -0.25) is 0 Å². The first-order chi connectivity index (χ1) is 18.5. The molecule has 0 unspecified atom stereocenters. The Morgan fingerprint density at radius 1 is 0.632 bits per heavy atom. The van der Waals surface area contributed by atoms with E-state index in [0.717, 1.165) is 36.0 Å². The summed E-state index contributed by atoms with van der Waals surface area (Å²) in [6.45, 7) is 5.16. The van der Waals surface area contributed by atoms with Gasteiger partial charge in [-0.15, -0.1) is 0 Å². The predicted octanol–water partition coefficient (Wildman–Crippen LogP) is 9.58. The van der Waals surface area contributed by atoms with Gasteiger partial charge >= 0.3 is 0 Å². The van der Waals surface area contributed by atoms with E-state index in [1.807, 2.05) is 37.3 Å². The highest BCUT2D eigenvalue weighted by Crippen LogP contribution is 2.30. The van der Waals surface area contributed by atoms with Gasteiger partial charge in [0.2, 0.25) is 0 Å². The molecule has 196 valence electrons. The Morgan fingerprint density at radius 3 is 2.03 bits per heavy atom. The van der Waals surface area contributed by atoms with Crippen LogP contribution in [0.2, 0.25) is 0 Å². The molecule has 0 bridgehead atoms. The molecule has 0 aromatic heterocycles. The van der Waals surface area contributed by atoms with Crippen LogP contribution in [0.15, 0.2) is 78.9 Å². The van der Waals surface area contributed by atoms with Crippen molar-refractivity contribution in [1.82, 2.24) is 0 Å². The average molecular weight is 517 g/mol. The van der Waals surface area contributed by atoms with Crippen LogP contribution in [0.3, 0.4) is 0 Å². The highest BCUT2D eigenvalue weighted by Gasteiger charge is 2.14. The van der Waals surface area contributed by atoms with Gasteiger partial charge in [0.15, 0.2) is 23.2 Å². The zero-order valence-electron chi connectivity index (χ0n) is 21.6. The molecule has 4 aromatic rings. The summed E-state index contributed by atoms with van der Waals surface area (Å²) in [7, 11) is 0. The SMILES string of the molecule is CCCCOc1ccc(-c2ccc(/C=C/c3ccc(-c4ccc(OCCC)cc4)c(F)c3F)cc2)cc1F. The molecule has 0 radical (unpaired) electrons. The number of hydrogen-bond donors (Lipinski definition) is 0. The Hall–Kier alpha value is -3.99. The average Bonchev–Trinajstić information content (AvgIpc) is 2.94. The van der Waals surface area contributed by atoms with Crippen LogP contribution in [0.4, 0.5) is 13.2 Å². The molecule has 0 saturated carbocycles. The minimum Gasteiger partial charge on any atom is -0.494 e. The molecule has 0 aliphatic heterocycles. The van der Waals surface area contributed by atoms with Crippen LogP contribution in [0.25, 0.3) is 34.4 Å². The van der Waals surface area contributed by atoms with Gasteiger partial charge in [0.05, 0.1) is 13.2 Å². The maximum Gasteiger partial charge on any atom is 0.167 e. The van der Waals surface area contributed by atoms with Crippen LogP contribution >= 0.6 is 0 Å². The van der Waals surface area contributed by atoms with Gasteiger partial charge in [0.25, 0.3) is 0 Å². The maximum atomic E-state index is 14.9. The van der Waals surface area contributed by atoms with Gasteiger partial charge in [0, 0.05) is 11.1 Å². The summed E-state index contributed by atoms with van der Waals surface area (Å²) in [5.74, 6) is -1.25. The van der Waals surface area contributed by atoms with Crippen molar-refractivity contribution < 1.29 is 22.6 Å². The minimum atomic E-state index is -0.904. The second-order valence-corrected chi connectivity index (χ2v) is 9.01. The summed E-state index contributed by atoms with van der Waals surface area (Å²) >= 11 is 0. The lowest BCUT2D eigenvalue weighted by Gasteiger charge is -2.09. The molecule has 0 saturated heterocycles. The monoisotopic (exact) mass is 516 g/mol. The summed E-state index contributed by atoms with van der Waals surface area (Å²) in [5.41, 5.74) is 3.30. The van der Waals surface area contributed by atoms with Crippen molar-refractivity contribution >= 4 is 12.2 Å². The Labute approximate surface area is 222 Å². The third-order valence-electron chi connectivity index (χ3n) is 6.14. The van der Waals surface area contributed by atoms with E-state index in [1.165, 1.54) is 6.07 Å². The topological polar surface area (TPSA) is 18.5 Å². The maximum absolute atomic E-state index is 14.9. The first-order valence-corrected chi connectivity index (χ1v) is 12.9. The number of hydrogen-bond acceptors (Lipinski definition) is 2.